The second-order valence-corrected chi connectivity index (χ2v) is 8.05. The molecule has 1 aromatic rings. The van der Waals surface area contributed by atoms with Gasteiger partial charge in [0.05, 0.1) is 0 Å². The zero-order chi connectivity index (χ0) is 18.4. The molecule has 1 aromatic carbocycles. The molecule has 25 heavy (non-hydrogen) atoms. The van der Waals surface area contributed by atoms with Crippen molar-refractivity contribution in [2.75, 3.05) is 46.9 Å². The van der Waals surface area contributed by atoms with Crippen LogP contribution in [0.4, 0.5) is 4.79 Å². The summed E-state index contributed by atoms with van der Waals surface area (Å²) >= 11 is 0. The second-order valence-electron chi connectivity index (χ2n) is 8.05. The van der Waals surface area contributed by atoms with Gasteiger partial charge >= 0.3 is 6.09 Å². The van der Waals surface area contributed by atoms with Gasteiger partial charge in [0, 0.05) is 37.8 Å². The van der Waals surface area contributed by atoms with Crippen LogP contribution in [0.5, 0.6) is 0 Å². The lowest BCUT2D eigenvalue weighted by Crippen LogP contribution is -2.58. The van der Waals surface area contributed by atoms with Gasteiger partial charge in [-0.1, -0.05) is 30.3 Å². The van der Waals surface area contributed by atoms with Crippen molar-refractivity contribution < 1.29 is 9.53 Å². The van der Waals surface area contributed by atoms with Crippen LogP contribution < -0.4 is 0 Å². The van der Waals surface area contributed by atoms with E-state index in [9.17, 15) is 4.79 Å². The molecule has 1 fully saturated rings. The smallest absolute Gasteiger partial charge is 0.410 e. The van der Waals surface area contributed by atoms with E-state index >= 15 is 0 Å². The van der Waals surface area contributed by atoms with Crippen LogP contribution in [0, 0.1) is 0 Å². The fraction of sp³-hybridized carbons (Fsp3) is 0.650. The third-order valence-corrected chi connectivity index (χ3v) is 4.80. The van der Waals surface area contributed by atoms with Crippen molar-refractivity contribution in [3.05, 3.63) is 35.9 Å². The molecule has 0 atom stereocenters. The number of hydrogen-bond acceptors (Lipinski definition) is 4. The summed E-state index contributed by atoms with van der Waals surface area (Å²) in [6.45, 7) is 10.2. The maximum Gasteiger partial charge on any atom is 0.410 e. The van der Waals surface area contributed by atoms with E-state index in [1.807, 2.05) is 23.1 Å². The average Bonchev–Trinajstić information content (AvgIpc) is 2.49. The van der Waals surface area contributed by atoms with E-state index in [0.717, 1.165) is 26.1 Å². The summed E-state index contributed by atoms with van der Waals surface area (Å²) in [5.41, 5.74) is 0.985. The molecule has 0 N–H and O–H groups in total. The molecule has 0 aliphatic carbocycles. The number of carbonyl (C=O) groups is 1. The van der Waals surface area contributed by atoms with Gasteiger partial charge in [-0.15, -0.1) is 0 Å². The fourth-order valence-corrected chi connectivity index (χ4v) is 2.98. The Morgan fingerprint density at radius 1 is 1.20 bits per heavy atom. The third-order valence-electron chi connectivity index (χ3n) is 4.80. The fourth-order valence-electron chi connectivity index (χ4n) is 2.98. The first-order valence-corrected chi connectivity index (χ1v) is 9.14. The summed E-state index contributed by atoms with van der Waals surface area (Å²) in [5.74, 6) is 0. The monoisotopic (exact) mass is 347 g/mol. The molecule has 1 aliphatic rings. The number of likely N-dealkylation sites (N-methyl/N-ethyl adjacent to an activating group) is 1. The number of rotatable bonds is 7. The van der Waals surface area contributed by atoms with E-state index in [1.165, 1.54) is 5.56 Å². The van der Waals surface area contributed by atoms with Gasteiger partial charge in [0.1, 0.15) is 6.61 Å². The van der Waals surface area contributed by atoms with E-state index in [4.69, 9.17) is 4.74 Å². The first kappa shape index (κ1) is 19.7. The summed E-state index contributed by atoms with van der Waals surface area (Å²) in [6.07, 6.45) is 0.622. The van der Waals surface area contributed by atoms with Crippen LogP contribution in [-0.4, -0.2) is 79.3 Å². The van der Waals surface area contributed by atoms with Crippen molar-refractivity contribution >= 4 is 6.09 Å². The number of carbonyl (C=O) groups excluding carboxylic acids is 1. The minimum absolute atomic E-state index is 0.215. The van der Waals surface area contributed by atoms with Gasteiger partial charge < -0.3 is 14.5 Å². The van der Waals surface area contributed by atoms with Crippen LogP contribution in [0.1, 0.15) is 26.3 Å². The van der Waals surface area contributed by atoms with Crippen molar-refractivity contribution in [3.8, 4) is 0 Å². The highest BCUT2D eigenvalue weighted by Gasteiger charge is 2.30. The topological polar surface area (TPSA) is 36.0 Å². The predicted molar refractivity (Wildman–Crippen MR) is 102 cm³/mol. The first-order chi connectivity index (χ1) is 11.8. The molecule has 0 spiro atoms. The molecular weight excluding hydrogens is 314 g/mol. The van der Waals surface area contributed by atoms with Crippen LogP contribution in [0.2, 0.25) is 0 Å². The highest BCUT2D eigenvalue weighted by atomic mass is 16.6. The van der Waals surface area contributed by atoms with Crippen LogP contribution >= 0.6 is 0 Å². The molecule has 0 saturated carbocycles. The number of benzene rings is 1. The highest BCUT2D eigenvalue weighted by Crippen LogP contribution is 2.17. The molecule has 0 bridgehead atoms. The second kappa shape index (κ2) is 8.68. The van der Waals surface area contributed by atoms with Crippen molar-refractivity contribution in [1.82, 2.24) is 14.7 Å². The van der Waals surface area contributed by atoms with Gasteiger partial charge in [-0.2, -0.15) is 0 Å². The van der Waals surface area contributed by atoms with E-state index in [0.29, 0.717) is 19.2 Å². The lowest BCUT2D eigenvalue weighted by molar-refractivity contribution is 0.0282. The Kier molecular flexibility index (Phi) is 6.85. The van der Waals surface area contributed by atoms with Crippen LogP contribution in [0.25, 0.3) is 0 Å². The Balaban J connectivity index is 1.76. The number of nitrogens with zero attached hydrogens (tertiary/aromatic N) is 3. The molecule has 2 rings (SSSR count). The maximum atomic E-state index is 12.5. The number of likely N-dealkylation sites (tertiary alicyclic amines) is 1. The molecular formula is C20H33N3O2. The summed E-state index contributed by atoms with van der Waals surface area (Å²) in [7, 11) is 4.21. The predicted octanol–water partition coefficient (Wildman–Crippen LogP) is 2.71. The molecule has 1 aliphatic heterocycles. The SMILES string of the molecule is CN(C)C1CN(CCOC(=O)N(CCc2ccccc2)C(C)(C)C)C1. The largest absolute Gasteiger partial charge is 0.448 e. The van der Waals surface area contributed by atoms with Gasteiger partial charge in [0.25, 0.3) is 0 Å². The maximum absolute atomic E-state index is 12.5. The number of amides is 1. The molecule has 0 unspecified atom stereocenters. The zero-order valence-electron chi connectivity index (χ0n) is 16.4. The van der Waals surface area contributed by atoms with Gasteiger partial charge in [0.2, 0.25) is 0 Å². The molecule has 5 heteroatoms. The summed E-state index contributed by atoms with van der Waals surface area (Å²) < 4.78 is 5.55. The van der Waals surface area contributed by atoms with Crippen molar-refractivity contribution in [2.45, 2.75) is 38.8 Å². The van der Waals surface area contributed by atoms with E-state index in [-0.39, 0.29) is 11.6 Å². The average molecular weight is 348 g/mol. The van der Waals surface area contributed by atoms with E-state index in [2.05, 4.69) is 56.8 Å². The summed E-state index contributed by atoms with van der Waals surface area (Å²) in [6, 6.07) is 10.9. The normalized spacial score (nSPS) is 15.9. The van der Waals surface area contributed by atoms with Gasteiger partial charge in [-0.3, -0.25) is 4.90 Å². The Labute approximate surface area is 152 Å². The van der Waals surface area contributed by atoms with E-state index < -0.39 is 0 Å². The zero-order valence-corrected chi connectivity index (χ0v) is 16.4. The molecule has 5 nitrogen and oxygen atoms in total. The van der Waals surface area contributed by atoms with Gasteiger partial charge in [0.15, 0.2) is 0 Å². The Bertz CT molecular complexity index is 534. The van der Waals surface area contributed by atoms with E-state index in [1.54, 1.807) is 0 Å². The Morgan fingerprint density at radius 3 is 2.40 bits per heavy atom. The minimum Gasteiger partial charge on any atom is -0.448 e. The summed E-state index contributed by atoms with van der Waals surface area (Å²) in [5, 5.41) is 0. The highest BCUT2D eigenvalue weighted by molar-refractivity contribution is 5.68. The lowest BCUT2D eigenvalue weighted by atomic mass is 10.1. The summed E-state index contributed by atoms with van der Waals surface area (Å²) in [4.78, 5) is 18.9. The quantitative estimate of drug-likeness (QED) is 0.760. The van der Waals surface area contributed by atoms with Gasteiger partial charge in [-0.05, 0) is 46.9 Å². The van der Waals surface area contributed by atoms with Crippen LogP contribution in [0.3, 0.4) is 0 Å². The van der Waals surface area contributed by atoms with Crippen molar-refractivity contribution in [1.29, 1.82) is 0 Å². The van der Waals surface area contributed by atoms with Crippen LogP contribution in [-0.2, 0) is 11.2 Å². The molecule has 0 radical (unpaired) electrons. The standard InChI is InChI=1S/C20H33N3O2/c1-20(2,3)23(12-11-17-9-7-6-8-10-17)19(24)25-14-13-22-15-18(16-22)21(4)5/h6-10,18H,11-16H2,1-5H3. The number of ether oxygens (including phenoxy) is 1. The molecule has 1 heterocycles. The number of hydrogen-bond donors (Lipinski definition) is 0. The Morgan fingerprint density at radius 2 is 1.84 bits per heavy atom. The lowest BCUT2D eigenvalue weighted by Gasteiger charge is -2.42. The third kappa shape index (κ3) is 6.01. The minimum atomic E-state index is -0.251. The first-order valence-electron chi connectivity index (χ1n) is 9.14. The van der Waals surface area contributed by atoms with Gasteiger partial charge in [-0.25, -0.2) is 4.79 Å². The molecule has 0 aromatic heterocycles. The van der Waals surface area contributed by atoms with Crippen molar-refractivity contribution in [2.24, 2.45) is 0 Å². The molecule has 1 amide bonds. The molecule has 140 valence electrons. The van der Waals surface area contributed by atoms with Crippen molar-refractivity contribution in [3.63, 3.8) is 0 Å². The molecule has 1 saturated heterocycles. The Hall–Kier alpha value is -1.59. The van der Waals surface area contributed by atoms with Crippen LogP contribution in [0.15, 0.2) is 30.3 Å².